The van der Waals surface area contributed by atoms with E-state index in [9.17, 15) is 4.79 Å². The van der Waals surface area contributed by atoms with Crippen molar-refractivity contribution in [3.05, 3.63) is 35.4 Å². The predicted octanol–water partition coefficient (Wildman–Crippen LogP) is 2.10. The molecule has 2 rings (SSSR count). The number of carbonyl (C=O) groups excluding carboxylic acids is 1. The van der Waals surface area contributed by atoms with Crippen LogP contribution in [-0.4, -0.2) is 12.5 Å². The van der Waals surface area contributed by atoms with Crippen LogP contribution in [-0.2, 0) is 6.54 Å². The Labute approximate surface area is 108 Å². The Kier molecular flexibility index (Phi) is 5.45. The van der Waals surface area contributed by atoms with Gasteiger partial charge in [-0.25, -0.2) is 0 Å². The number of carbonyl (C=O) groups is 1. The Morgan fingerprint density at radius 2 is 1.94 bits per heavy atom. The van der Waals surface area contributed by atoms with Crippen LogP contribution in [0.25, 0.3) is 0 Å². The van der Waals surface area contributed by atoms with E-state index in [-0.39, 0.29) is 18.3 Å². The molecule has 1 saturated carbocycles. The topological polar surface area (TPSA) is 55.1 Å². The van der Waals surface area contributed by atoms with Gasteiger partial charge in [0.1, 0.15) is 0 Å². The van der Waals surface area contributed by atoms with Crippen molar-refractivity contribution in [2.75, 3.05) is 6.54 Å². The SMILES string of the molecule is Cl.NCc1ccc(C(=O)NCC2CCC2)cc1. The molecule has 94 valence electrons. The molecule has 0 bridgehead atoms. The Bertz CT molecular complexity index is 360. The van der Waals surface area contributed by atoms with Crippen molar-refractivity contribution in [2.24, 2.45) is 11.7 Å². The van der Waals surface area contributed by atoms with Gasteiger partial charge in [0, 0.05) is 18.7 Å². The first-order valence-electron chi connectivity index (χ1n) is 5.87. The van der Waals surface area contributed by atoms with Gasteiger partial charge in [-0.05, 0) is 36.5 Å². The number of hydrogen-bond acceptors (Lipinski definition) is 2. The summed E-state index contributed by atoms with van der Waals surface area (Å²) in [6.07, 6.45) is 3.82. The molecule has 0 aromatic heterocycles. The number of nitrogens with one attached hydrogen (secondary N) is 1. The zero-order chi connectivity index (χ0) is 11.4. The molecule has 1 aromatic rings. The summed E-state index contributed by atoms with van der Waals surface area (Å²) in [5.41, 5.74) is 7.27. The standard InChI is InChI=1S/C13H18N2O.ClH/c14-8-10-4-6-12(7-5-10)13(16)15-9-11-2-1-3-11;/h4-7,11H,1-3,8-9,14H2,(H,15,16);1H. The zero-order valence-electron chi connectivity index (χ0n) is 9.82. The molecule has 3 N–H and O–H groups in total. The molecule has 3 nitrogen and oxygen atoms in total. The zero-order valence-corrected chi connectivity index (χ0v) is 10.6. The van der Waals surface area contributed by atoms with E-state index in [1.165, 1.54) is 19.3 Å². The number of rotatable bonds is 4. The second-order valence-electron chi connectivity index (χ2n) is 4.41. The van der Waals surface area contributed by atoms with E-state index in [0.717, 1.165) is 17.7 Å². The second-order valence-corrected chi connectivity index (χ2v) is 4.41. The van der Waals surface area contributed by atoms with Gasteiger partial charge in [-0.1, -0.05) is 18.6 Å². The van der Waals surface area contributed by atoms with Crippen molar-refractivity contribution >= 4 is 18.3 Å². The Morgan fingerprint density at radius 1 is 1.29 bits per heavy atom. The van der Waals surface area contributed by atoms with E-state index in [0.29, 0.717) is 12.5 Å². The third-order valence-corrected chi connectivity index (χ3v) is 3.23. The maximum atomic E-state index is 11.7. The van der Waals surface area contributed by atoms with Gasteiger partial charge in [-0.15, -0.1) is 12.4 Å². The van der Waals surface area contributed by atoms with Gasteiger partial charge >= 0.3 is 0 Å². The molecule has 0 saturated heterocycles. The summed E-state index contributed by atoms with van der Waals surface area (Å²) in [4.78, 5) is 11.7. The summed E-state index contributed by atoms with van der Waals surface area (Å²) in [6, 6.07) is 7.47. The summed E-state index contributed by atoms with van der Waals surface area (Å²) in [6.45, 7) is 1.33. The average molecular weight is 255 g/mol. The highest BCUT2D eigenvalue weighted by molar-refractivity contribution is 5.94. The minimum absolute atomic E-state index is 0. The van der Waals surface area contributed by atoms with Crippen LogP contribution in [0.5, 0.6) is 0 Å². The van der Waals surface area contributed by atoms with Gasteiger partial charge in [0.25, 0.3) is 5.91 Å². The maximum absolute atomic E-state index is 11.7. The third-order valence-electron chi connectivity index (χ3n) is 3.23. The molecule has 1 aliphatic carbocycles. The van der Waals surface area contributed by atoms with Gasteiger partial charge in [-0.2, -0.15) is 0 Å². The van der Waals surface area contributed by atoms with Crippen molar-refractivity contribution in [2.45, 2.75) is 25.8 Å². The molecule has 0 atom stereocenters. The molecule has 1 amide bonds. The fourth-order valence-corrected chi connectivity index (χ4v) is 1.83. The highest BCUT2D eigenvalue weighted by Gasteiger charge is 2.18. The lowest BCUT2D eigenvalue weighted by molar-refractivity contribution is 0.0939. The monoisotopic (exact) mass is 254 g/mol. The van der Waals surface area contributed by atoms with Crippen LogP contribution in [0.15, 0.2) is 24.3 Å². The molecule has 0 heterocycles. The summed E-state index contributed by atoms with van der Waals surface area (Å²) in [5, 5.41) is 2.97. The number of halogens is 1. The first kappa shape index (κ1) is 14.0. The average Bonchev–Trinajstić information content (AvgIpc) is 2.27. The molecule has 17 heavy (non-hydrogen) atoms. The highest BCUT2D eigenvalue weighted by Crippen LogP contribution is 2.25. The fourth-order valence-electron chi connectivity index (χ4n) is 1.83. The number of amides is 1. The second kappa shape index (κ2) is 6.62. The molecular formula is C13H19ClN2O. The summed E-state index contributed by atoms with van der Waals surface area (Å²) in [5.74, 6) is 0.725. The van der Waals surface area contributed by atoms with Crippen molar-refractivity contribution in [3.63, 3.8) is 0 Å². The molecule has 1 fully saturated rings. The molecule has 1 aromatic carbocycles. The summed E-state index contributed by atoms with van der Waals surface area (Å²) in [7, 11) is 0. The van der Waals surface area contributed by atoms with Crippen LogP contribution >= 0.6 is 12.4 Å². The smallest absolute Gasteiger partial charge is 0.251 e. The van der Waals surface area contributed by atoms with Crippen LogP contribution in [0.4, 0.5) is 0 Å². The van der Waals surface area contributed by atoms with E-state index >= 15 is 0 Å². The molecule has 0 unspecified atom stereocenters. The number of benzene rings is 1. The fraction of sp³-hybridized carbons (Fsp3) is 0.462. The van der Waals surface area contributed by atoms with Crippen LogP contribution in [0.1, 0.15) is 35.2 Å². The Hall–Kier alpha value is -1.06. The first-order valence-corrected chi connectivity index (χ1v) is 5.87. The quantitative estimate of drug-likeness (QED) is 0.865. The van der Waals surface area contributed by atoms with Gasteiger partial charge in [0.15, 0.2) is 0 Å². The lowest BCUT2D eigenvalue weighted by atomic mass is 9.85. The lowest BCUT2D eigenvalue weighted by Crippen LogP contribution is -2.32. The third kappa shape index (κ3) is 3.72. The molecule has 1 aliphatic rings. The van der Waals surface area contributed by atoms with Crippen LogP contribution in [0.3, 0.4) is 0 Å². The predicted molar refractivity (Wildman–Crippen MR) is 71.3 cm³/mol. The summed E-state index contributed by atoms with van der Waals surface area (Å²) < 4.78 is 0. The van der Waals surface area contributed by atoms with E-state index in [1.54, 1.807) is 0 Å². The van der Waals surface area contributed by atoms with Crippen LogP contribution in [0, 0.1) is 5.92 Å². The van der Waals surface area contributed by atoms with Crippen molar-refractivity contribution in [1.82, 2.24) is 5.32 Å². The van der Waals surface area contributed by atoms with Crippen LogP contribution < -0.4 is 11.1 Å². The molecule has 0 aliphatic heterocycles. The molecule has 4 heteroatoms. The van der Waals surface area contributed by atoms with Gasteiger partial charge < -0.3 is 11.1 Å². The van der Waals surface area contributed by atoms with Crippen molar-refractivity contribution < 1.29 is 4.79 Å². The van der Waals surface area contributed by atoms with E-state index in [1.807, 2.05) is 24.3 Å². The van der Waals surface area contributed by atoms with E-state index in [4.69, 9.17) is 5.73 Å². The Balaban J connectivity index is 0.00000144. The van der Waals surface area contributed by atoms with E-state index < -0.39 is 0 Å². The number of hydrogen-bond donors (Lipinski definition) is 2. The normalized spacial score (nSPS) is 14.6. The minimum Gasteiger partial charge on any atom is -0.352 e. The molecule has 0 radical (unpaired) electrons. The lowest BCUT2D eigenvalue weighted by Gasteiger charge is -2.25. The Morgan fingerprint density at radius 3 is 2.41 bits per heavy atom. The van der Waals surface area contributed by atoms with Crippen molar-refractivity contribution in [3.8, 4) is 0 Å². The highest BCUT2D eigenvalue weighted by atomic mass is 35.5. The molecular weight excluding hydrogens is 236 g/mol. The largest absolute Gasteiger partial charge is 0.352 e. The van der Waals surface area contributed by atoms with Crippen LogP contribution in [0.2, 0.25) is 0 Å². The van der Waals surface area contributed by atoms with E-state index in [2.05, 4.69) is 5.32 Å². The van der Waals surface area contributed by atoms with Gasteiger partial charge in [-0.3, -0.25) is 4.79 Å². The first-order chi connectivity index (χ1) is 7.79. The summed E-state index contributed by atoms with van der Waals surface area (Å²) >= 11 is 0. The van der Waals surface area contributed by atoms with Gasteiger partial charge in [0.05, 0.1) is 0 Å². The number of nitrogens with two attached hydrogens (primary N) is 1. The maximum Gasteiger partial charge on any atom is 0.251 e. The molecule has 0 spiro atoms. The van der Waals surface area contributed by atoms with Crippen molar-refractivity contribution in [1.29, 1.82) is 0 Å². The van der Waals surface area contributed by atoms with Gasteiger partial charge in [0.2, 0.25) is 0 Å². The minimum atomic E-state index is 0.